The Morgan fingerprint density at radius 1 is 1.35 bits per heavy atom. The summed E-state index contributed by atoms with van der Waals surface area (Å²) in [5.74, 6) is 0.256. The van der Waals surface area contributed by atoms with E-state index in [0.29, 0.717) is 22.9 Å². The molecule has 2 aromatic carbocycles. The molecule has 104 valence electrons. The van der Waals surface area contributed by atoms with E-state index in [1.54, 1.807) is 24.3 Å². The first kappa shape index (κ1) is 14.8. The highest BCUT2D eigenvalue weighted by molar-refractivity contribution is 7.80. The molecular weight excluding hydrogens is 297 g/mol. The summed E-state index contributed by atoms with van der Waals surface area (Å²) in [4.78, 5) is 0.182. The standard InChI is InChI=1S/C15H13ClFNOS/c1-9-7-11(17)6-5-10(9)8-19-13-4-2-3-12(16)14(13)15(18)20/h2-7H,8H2,1H3,(H2,18,20). The van der Waals surface area contributed by atoms with Gasteiger partial charge in [-0.25, -0.2) is 4.39 Å². The molecule has 2 nitrogen and oxygen atoms in total. The lowest BCUT2D eigenvalue weighted by atomic mass is 10.1. The third-order valence-corrected chi connectivity index (χ3v) is 3.43. The van der Waals surface area contributed by atoms with Gasteiger partial charge in [-0.1, -0.05) is 36.0 Å². The highest BCUT2D eigenvalue weighted by Gasteiger charge is 2.11. The lowest BCUT2D eigenvalue weighted by Crippen LogP contribution is -2.12. The van der Waals surface area contributed by atoms with E-state index < -0.39 is 0 Å². The van der Waals surface area contributed by atoms with Crippen LogP contribution < -0.4 is 10.5 Å². The van der Waals surface area contributed by atoms with Crippen molar-refractivity contribution in [2.75, 3.05) is 0 Å². The molecule has 0 bridgehead atoms. The SMILES string of the molecule is Cc1cc(F)ccc1COc1cccc(Cl)c1C(N)=S. The summed E-state index contributed by atoms with van der Waals surface area (Å²) in [5.41, 5.74) is 7.88. The van der Waals surface area contributed by atoms with Crippen molar-refractivity contribution >= 4 is 28.8 Å². The molecule has 0 aliphatic heterocycles. The van der Waals surface area contributed by atoms with Crippen molar-refractivity contribution in [3.8, 4) is 5.75 Å². The Kier molecular flexibility index (Phi) is 4.57. The van der Waals surface area contributed by atoms with Crippen molar-refractivity contribution in [1.29, 1.82) is 0 Å². The van der Waals surface area contributed by atoms with E-state index in [4.69, 9.17) is 34.3 Å². The predicted molar refractivity (Wildman–Crippen MR) is 82.8 cm³/mol. The van der Waals surface area contributed by atoms with Gasteiger partial charge in [0.05, 0.1) is 10.6 Å². The van der Waals surface area contributed by atoms with Gasteiger partial charge in [-0.3, -0.25) is 0 Å². The Labute approximate surface area is 127 Å². The molecule has 0 unspecified atom stereocenters. The number of halogens is 2. The molecule has 0 aliphatic carbocycles. The molecule has 20 heavy (non-hydrogen) atoms. The molecular formula is C15H13ClFNOS. The maximum atomic E-state index is 13.0. The van der Waals surface area contributed by atoms with Crippen molar-refractivity contribution < 1.29 is 9.13 Å². The molecule has 0 spiro atoms. The quantitative estimate of drug-likeness (QED) is 0.867. The van der Waals surface area contributed by atoms with Crippen LogP contribution in [0.2, 0.25) is 5.02 Å². The van der Waals surface area contributed by atoms with Crippen LogP contribution >= 0.6 is 23.8 Å². The third-order valence-electron chi connectivity index (χ3n) is 2.91. The van der Waals surface area contributed by atoms with Gasteiger partial charge < -0.3 is 10.5 Å². The first-order valence-electron chi connectivity index (χ1n) is 5.95. The maximum absolute atomic E-state index is 13.0. The lowest BCUT2D eigenvalue weighted by Gasteiger charge is -2.13. The van der Waals surface area contributed by atoms with Crippen LogP contribution in [-0.2, 0) is 6.61 Å². The molecule has 2 aromatic rings. The minimum atomic E-state index is -0.266. The number of nitrogens with two attached hydrogens (primary N) is 1. The van der Waals surface area contributed by atoms with Crippen LogP contribution in [0.1, 0.15) is 16.7 Å². The normalized spacial score (nSPS) is 10.3. The topological polar surface area (TPSA) is 35.2 Å². The summed E-state index contributed by atoms with van der Waals surface area (Å²) in [6, 6.07) is 9.77. The summed E-state index contributed by atoms with van der Waals surface area (Å²) in [5, 5.41) is 0.450. The average molecular weight is 310 g/mol. The zero-order valence-electron chi connectivity index (χ0n) is 10.8. The van der Waals surface area contributed by atoms with Gasteiger partial charge in [-0.05, 0) is 42.3 Å². The molecule has 0 saturated heterocycles. The Balaban J connectivity index is 2.23. The fourth-order valence-corrected chi connectivity index (χ4v) is 2.37. The van der Waals surface area contributed by atoms with Gasteiger partial charge in [0.1, 0.15) is 23.2 Å². The summed E-state index contributed by atoms with van der Waals surface area (Å²) >= 11 is 11.0. The van der Waals surface area contributed by atoms with Gasteiger partial charge in [0.2, 0.25) is 0 Å². The first-order valence-corrected chi connectivity index (χ1v) is 6.74. The van der Waals surface area contributed by atoms with Crippen LogP contribution in [0.5, 0.6) is 5.75 Å². The highest BCUT2D eigenvalue weighted by atomic mass is 35.5. The lowest BCUT2D eigenvalue weighted by molar-refractivity contribution is 0.305. The van der Waals surface area contributed by atoms with E-state index in [9.17, 15) is 4.39 Å². The summed E-state index contributed by atoms with van der Waals surface area (Å²) < 4.78 is 18.8. The number of ether oxygens (including phenoxy) is 1. The minimum Gasteiger partial charge on any atom is -0.488 e. The molecule has 0 heterocycles. The number of hydrogen-bond donors (Lipinski definition) is 1. The van der Waals surface area contributed by atoms with Crippen molar-refractivity contribution in [3.05, 3.63) is 63.9 Å². The number of hydrogen-bond acceptors (Lipinski definition) is 2. The largest absolute Gasteiger partial charge is 0.488 e. The highest BCUT2D eigenvalue weighted by Crippen LogP contribution is 2.27. The van der Waals surface area contributed by atoms with E-state index in [1.807, 2.05) is 6.92 Å². The van der Waals surface area contributed by atoms with Crippen molar-refractivity contribution in [1.82, 2.24) is 0 Å². The van der Waals surface area contributed by atoms with E-state index in [-0.39, 0.29) is 10.8 Å². The molecule has 0 radical (unpaired) electrons. The summed E-state index contributed by atoms with van der Waals surface area (Å²) in [6.45, 7) is 2.12. The second kappa shape index (κ2) is 6.20. The van der Waals surface area contributed by atoms with E-state index in [1.165, 1.54) is 12.1 Å². The Morgan fingerprint density at radius 2 is 2.10 bits per heavy atom. The average Bonchev–Trinajstić information content (AvgIpc) is 2.37. The van der Waals surface area contributed by atoms with Crippen LogP contribution in [0.3, 0.4) is 0 Å². The predicted octanol–water partition coefficient (Wildman–Crippen LogP) is 4.00. The van der Waals surface area contributed by atoms with Gasteiger partial charge in [-0.2, -0.15) is 0 Å². The van der Waals surface area contributed by atoms with Gasteiger partial charge in [0, 0.05) is 0 Å². The Morgan fingerprint density at radius 3 is 2.75 bits per heavy atom. The monoisotopic (exact) mass is 309 g/mol. The zero-order valence-corrected chi connectivity index (χ0v) is 12.4. The van der Waals surface area contributed by atoms with E-state index in [2.05, 4.69) is 0 Å². The Hall–Kier alpha value is -1.65. The number of rotatable bonds is 4. The van der Waals surface area contributed by atoms with Crippen LogP contribution in [0.4, 0.5) is 4.39 Å². The molecule has 0 aromatic heterocycles. The molecule has 0 fully saturated rings. The molecule has 2 rings (SSSR count). The van der Waals surface area contributed by atoms with Gasteiger partial charge in [0.15, 0.2) is 0 Å². The molecule has 2 N–H and O–H groups in total. The van der Waals surface area contributed by atoms with Gasteiger partial charge in [0.25, 0.3) is 0 Å². The van der Waals surface area contributed by atoms with Crippen LogP contribution in [0.25, 0.3) is 0 Å². The van der Waals surface area contributed by atoms with Crippen molar-refractivity contribution in [3.63, 3.8) is 0 Å². The molecule has 0 atom stereocenters. The molecule has 0 amide bonds. The van der Waals surface area contributed by atoms with Crippen LogP contribution in [0.15, 0.2) is 36.4 Å². The maximum Gasteiger partial charge on any atom is 0.131 e. The number of benzene rings is 2. The van der Waals surface area contributed by atoms with E-state index >= 15 is 0 Å². The van der Waals surface area contributed by atoms with E-state index in [0.717, 1.165) is 11.1 Å². The smallest absolute Gasteiger partial charge is 0.131 e. The molecule has 0 saturated carbocycles. The number of thiocarbonyl (C=S) groups is 1. The number of aryl methyl sites for hydroxylation is 1. The van der Waals surface area contributed by atoms with Gasteiger partial charge in [-0.15, -0.1) is 0 Å². The second-order valence-corrected chi connectivity index (χ2v) is 5.18. The zero-order chi connectivity index (χ0) is 14.7. The Bertz CT molecular complexity index is 660. The summed E-state index contributed by atoms with van der Waals surface area (Å²) in [7, 11) is 0. The fraction of sp³-hybridized carbons (Fsp3) is 0.133. The van der Waals surface area contributed by atoms with Gasteiger partial charge >= 0.3 is 0 Å². The van der Waals surface area contributed by atoms with Crippen LogP contribution in [0, 0.1) is 12.7 Å². The third kappa shape index (κ3) is 3.26. The summed E-state index contributed by atoms with van der Waals surface area (Å²) in [6.07, 6.45) is 0. The van der Waals surface area contributed by atoms with Crippen molar-refractivity contribution in [2.45, 2.75) is 13.5 Å². The second-order valence-electron chi connectivity index (χ2n) is 4.34. The minimum absolute atomic E-state index is 0.182. The molecule has 0 aliphatic rings. The molecule has 5 heteroatoms. The van der Waals surface area contributed by atoms with Crippen molar-refractivity contribution in [2.24, 2.45) is 5.73 Å². The van der Waals surface area contributed by atoms with Crippen LogP contribution in [-0.4, -0.2) is 4.99 Å². The fourth-order valence-electron chi connectivity index (χ4n) is 1.84. The first-order chi connectivity index (χ1) is 9.49.